The molecule has 2 aromatic heterocycles. The van der Waals surface area contributed by atoms with Gasteiger partial charge in [-0.2, -0.15) is 0 Å². The highest BCUT2D eigenvalue weighted by atomic mass is 16.3. The van der Waals surface area contributed by atoms with Crippen molar-refractivity contribution >= 4 is 0 Å². The van der Waals surface area contributed by atoms with E-state index in [1.54, 1.807) is 12.5 Å². The van der Waals surface area contributed by atoms with Crippen molar-refractivity contribution in [3.63, 3.8) is 0 Å². The number of furan rings is 1. The van der Waals surface area contributed by atoms with Gasteiger partial charge in [0, 0.05) is 36.8 Å². The lowest BCUT2D eigenvalue weighted by Gasteiger charge is -2.39. The van der Waals surface area contributed by atoms with Crippen molar-refractivity contribution in [2.75, 3.05) is 20.1 Å². The van der Waals surface area contributed by atoms with E-state index in [0.717, 1.165) is 56.0 Å². The van der Waals surface area contributed by atoms with E-state index >= 15 is 0 Å². The zero-order valence-electron chi connectivity index (χ0n) is 12.3. The second-order valence-electron chi connectivity index (χ2n) is 6.30. The summed E-state index contributed by atoms with van der Waals surface area (Å²) in [6.45, 7) is 2.84. The van der Waals surface area contributed by atoms with Crippen molar-refractivity contribution in [1.82, 2.24) is 14.5 Å². The topological polar surface area (TPSA) is 54.4 Å². The van der Waals surface area contributed by atoms with E-state index in [0.29, 0.717) is 0 Å². The van der Waals surface area contributed by atoms with Gasteiger partial charge in [-0.1, -0.05) is 0 Å². The van der Waals surface area contributed by atoms with E-state index in [-0.39, 0.29) is 5.92 Å². The number of rotatable bonds is 1. The molecule has 0 amide bonds. The van der Waals surface area contributed by atoms with Gasteiger partial charge in [-0.3, -0.25) is 0 Å². The zero-order chi connectivity index (χ0) is 14.4. The lowest BCUT2D eigenvalue weighted by Crippen LogP contribution is -2.44. The Kier molecular flexibility index (Phi) is 2.94. The maximum atomic E-state index is 11.7. The number of hydrogen-bond donors (Lipinski definition) is 1. The van der Waals surface area contributed by atoms with Gasteiger partial charge >= 0.3 is 0 Å². The summed E-state index contributed by atoms with van der Waals surface area (Å²) >= 11 is 0. The summed E-state index contributed by atoms with van der Waals surface area (Å²) in [7, 11) is 2.14. The molecule has 0 spiro atoms. The average molecular weight is 287 g/mol. The van der Waals surface area contributed by atoms with Crippen LogP contribution in [0.3, 0.4) is 0 Å². The van der Waals surface area contributed by atoms with E-state index < -0.39 is 5.60 Å². The third kappa shape index (κ3) is 1.88. The van der Waals surface area contributed by atoms with Crippen molar-refractivity contribution in [3.8, 4) is 0 Å². The third-order valence-corrected chi connectivity index (χ3v) is 5.10. The smallest absolute Gasteiger partial charge is 0.153 e. The molecule has 4 heterocycles. The molecular weight excluding hydrogens is 266 g/mol. The fourth-order valence-corrected chi connectivity index (χ4v) is 3.87. The van der Waals surface area contributed by atoms with Crippen LogP contribution in [0.2, 0.25) is 0 Å². The molecule has 1 unspecified atom stereocenters. The van der Waals surface area contributed by atoms with Crippen LogP contribution in [-0.2, 0) is 18.6 Å². The molecule has 0 bridgehead atoms. The first-order chi connectivity index (χ1) is 10.2. The maximum Gasteiger partial charge on any atom is 0.153 e. The van der Waals surface area contributed by atoms with Gasteiger partial charge in [0.15, 0.2) is 5.60 Å². The Morgan fingerprint density at radius 1 is 1.33 bits per heavy atom. The molecule has 5 heteroatoms. The molecule has 5 nitrogen and oxygen atoms in total. The second kappa shape index (κ2) is 4.71. The predicted octanol–water partition coefficient (Wildman–Crippen LogP) is 1.61. The largest absolute Gasteiger partial charge is 0.469 e. The molecule has 0 aliphatic carbocycles. The van der Waals surface area contributed by atoms with Crippen LogP contribution in [0.1, 0.15) is 30.0 Å². The molecule has 1 saturated heterocycles. The number of likely N-dealkylation sites (tertiary alicyclic amines) is 1. The molecule has 1 atom stereocenters. The predicted molar refractivity (Wildman–Crippen MR) is 77.9 cm³/mol. The van der Waals surface area contributed by atoms with Crippen molar-refractivity contribution < 1.29 is 9.52 Å². The van der Waals surface area contributed by atoms with Crippen molar-refractivity contribution in [2.45, 2.75) is 31.4 Å². The van der Waals surface area contributed by atoms with Crippen LogP contribution in [-0.4, -0.2) is 39.7 Å². The Morgan fingerprint density at radius 2 is 2.14 bits per heavy atom. The highest BCUT2D eigenvalue weighted by molar-refractivity contribution is 5.35. The standard InChI is InChI=1S/C16H21N3O2/c1-18-7-2-12(3-8-18)16(20)13-5-11-21-14(13)4-9-19-10-6-17-15(16)19/h5-6,10-12,20H,2-4,7-9H2,1H3. The molecule has 1 N–H and O–H groups in total. The summed E-state index contributed by atoms with van der Waals surface area (Å²) < 4.78 is 7.71. The number of imidazole rings is 1. The van der Waals surface area contributed by atoms with Crippen molar-refractivity contribution in [2.24, 2.45) is 5.92 Å². The van der Waals surface area contributed by atoms with Gasteiger partial charge in [0.05, 0.1) is 6.26 Å². The van der Waals surface area contributed by atoms with Gasteiger partial charge in [-0.15, -0.1) is 0 Å². The van der Waals surface area contributed by atoms with E-state index in [1.165, 1.54) is 0 Å². The Balaban J connectivity index is 1.84. The van der Waals surface area contributed by atoms with Crippen LogP contribution in [0.25, 0.3) is 0 Å². The van der Waals surface area contributed by atoms with Gasteiger partial charge in [0.1, 0.15) is 11.6 Å². The first-order valence-electron chi connectivity index (χ1n) is 7.69. The first kappa shape index (κ1) is 13.1. The SMILES string of the molecule is CN1CCC(C2(O)c3ccoc3CCn3ccnc32)CC1. The minimum Gasteiger partial charge on any atom is -0.469 e. The minimum absolute atomic E-state index is 0.185. The van der Waals surface area contributed by atoms with Gasteiger partial charge in [-0.25, -0.2) is 4.98 Å². The average Bonchev–Trinajstić information content (AvgIpc) is 3.13. The van der Waals surface area contributed by atoms with Crippen molar-refractivity contribution in [1.29, 1.82) is 0 Å². The van der Waals surface area contributed by atoms with E-state index in [4.69, 9.17) is 4.42 Å². The molecule has 4 rings (SSSR count). The molecule has 0 aromatic carbocycles. The van der Waals surface area contributed by atoms with E-state index in [1.807, 2.05) is 12.3 Å². The summed E-state index contributed by atoms with van der Waals surface area (Å²) in [5.74, 6) is 1.86. The molecule has 0 saturated carbocycles. The molecule has 2 aliphatic heterocycles. The van der Waals surface area contributed by atoms with Crippen LogP contribution >= 0.6 is 0 Å². The van der Waals surface area contributed by atoms with Gasteiger partial charge in [0.25, 0.3) is 0 Å². The first-order valence-corrected chi connectivity index (χ1v) is 7.69. The maximum absolute atomic E-state index is 11.7. The Bertz CT molecular complexity index is 595. The summed E-state index contributed by atoms with van der Waals surface area (Å²) in [6, 6.07) is 1.93. The fraction of sp³-hybridized carbons (Fsp3) is 0.562. The summed E-state index contributed by atoms with van der Waals surface area (Å²) in [5.41, 5.74) is -0.106. The monoisotopic (exact) mass is 287 g/mol. The van der Waals surface area contributed by atoms with Gasteiger partial charge in [-0.05, 0) is 39.0 Å². The van der Waals surface area contributed by atoms with Crippen LogP contribution in [0.15, 0.2) is 29.1 Å². The summed E-state index contributed by atoms with van der Waals surface area (Å²) in [6.07, 6.45) is 8.21. The second-order valence-corrected chi connectivity index (χ2v) is 6.30. The van der Waals surface area contributed by atoms with Crippen LogP contribution < -0.4 is 0 Å². The molecular formula is C16H21N3O2. The molecule has 1 fully saturated rings. The lowest BCUT2D eigenvalue weighted by atomic mass is 9.75. The molecule has 112 valence electrons. The third-order valence-electron chi connectivity index (χ3n) is 5.10. The number of aryl methyl sites for hydroxylation is 2. The highest BCUT2D eigenvalue weighted by Crippen LogP contribution is 2.44. The van der Waals surface area contributed by atoms with Crippen LogP contribution in [0, 0.1) is 5.92 Å². The lowest BCUT2D eigenvalue weighted by molar-refractivity contribution is -0.0199. The summed E-state index contributed by atoms with van der Waals surface area (Å²) in [5, 5.41) is 11.7. The molecule has 0 radical (unpaired) electrons. The van der Waals surface area contributed by atoms with Gasteiger partial charge < -0.3 is 19.0 Å². The molecule has 21 heavy (non-hydrogen) atoms. The molecule has 2 aromatic rings. The number of nitrogens with zero attached hydrogens (tertiary/aromatic N) is 3. The number of fused-ring (bicyclic) bond motifs is 2. The van der Waals surface area contributed by atoms with Gasteiger partial charge in [0.2, 0.25) is 0 Å². The fourth-order valence-electron chi connectivity index (χ4n) is 3.87. The number of hydrogen-bond acceptors (Lipinski definition) is 4. The molecule has 2 aliphatic rings. The van der Waals surface area contributed by atoms with Crippen molar-refractivity contribution in [3.05, 3.63) is 41.9 Å². The quantitative estimate of drug-likeness (QED) is 0.866. The Morgan fingerprint density at radius 3 is 2.95 bits per heavy atom. The summed E-state index contributed by atoms with van der Waals surface area (Å²) in [4.78, 5) is 6.82. The van der Waals surface area contributed by atoms with E-state index in [2.05, 4.69) is 21.5 Å². The van der Waals surface area contributed by atoms with Crippen LogP contribution in [0.4, 0.5) is 0 Å². The van der Waals surface area contributed by atoms with E-state index in [9.17, 15) is 5.11 Å². The number of piperidine rings is 1. The Labute approximate surface area is 124 Å². The normalized spacial score (nSPS) is 27.1. The number of aromatic nitrogens is 2. The Hall–Kier alpha value is -1.59. The highest BCUT2D eigenvalue weighted by Gasteiger charge is 2.47. The number of aliphatic hydroxyl groups is 1. The minimum atomic E-state index is -1.02. The zero-order valence-corrected chi connectivity index (χ0v) is 12.3. The van der Waals surface area contributed by atoms with Crippen LogP contribution in [0.5, 0.6) is 0 Å².